The third kappa shape index (κ3) is 7.93. The van der Waals surface area contributed by atoms with E-state index in [0.717, 1.165) is 45.0 Å². The highest BCUT2D eigenvalue weighted by Gasteiger charge is 2.20. The van der Waals surface area contributed by atoms with Crippen molar-refractivity contribution in [1.82, 2.24) is 15.5 Å². The lowest BCUT2D eigenvalue weighted by Gasteiger charge is -2.33. The number of aliphatic hydroxyl groups is 1. The number of halogens is 2. The van der Waals surface area contributed by atoms with Gasteiger partial charge in [-0.15, -0.1) is 24.0 Å². The van der Waals surface area contributed by atoms with Gasteiger partial charge in [-0.1, -0.05) is 54.1 Å². The molecule has 0 amide bonds. The Morgan fingerprint density at radius 1 is 1.16 bits per heavy atom. The molecular weight excluding hydrogens is 523 g/mol. The zero-order chi connectivity index (χ0) is 21.3. The number of aryl methyl sites for hydroxylation is 1. The van der Waals surface area contributed by atoms with Gasteiger partial charge < -0.3 is 15.7 Å². The number of likely N-dealkylation sites (tertiary alicyclic amines) is 1. The predicted octanol–water partition coefficient (Wildman–Crippen LogP) is 4.52. The van der Waals surface area contributed by atoms with Crippen LogP contribution in [0.4, 0.5) is 0 Å². The van der Waals surface area contributed by atoms with E-state index in [9.17, 15) is 5.11 Å². The molecular formula is C24H34ClIN4O. The maximum atomic E-state index is 10.5. The molecule has 170 valence electrons. The quantitative estimate of drug-likeness (QED) is 0.267. The second-order valence-corrected chi connectivity index (χ2v) is 8.29. The molecule has 1 unspecified atom stereocenters. The van der Waals surface area contributed by atoms with Gasteiger partial charge in [-0.2, -0.15) is 0 Å². The fraction of sp³-hybridized carbons (Fsp3) is 0.458. The molecule has 1 aliphatic rings. The normalized spacial score (nSPS) is 16.5. The first-order valence-corrected chi connectivity index (χ1v) is 11.2. The Balaban J connectivity index is 0.00000341. The molecule has 1 atom stereocenters. The molecule has 3 N–H and O–H groups in total. The van der Waals surface area contributed by atoms with Crippen LogP contribution in [-0.2, 0) is 6.54 Å². The largest absolute Gasteiger partial charge is 0.386 e. The number of piperidine rings is 1. The van der Waals surface area contributed by atoms with E-state index in [1.807, 2.05) is 25.1 Å². The second-order valence-electron chi connectivity index (χ2n) is 7.88. The molecule has 7 heteroatoms. The van der Waals surface area contributed by atoms with Gasteiger partial charge in [-0.3, -0.25) is 9.89 Å². The Morgan fingerprint density at radius 3 is 2.52 bits per heavy atom. The number of aliphatic imine (C=N–C) groups is 1. The van der Waals surface area contributed by atoms with E-state index in [2.05, 4.69) is 51.7 Å². The molecule has 1 heterocycles. The third-order valence-corrected chi connectivity index (χ3v) is 5.96. The van der Waals surface area contributed by atoms with E-state index < -0.39 is 6.10 Å². The summed E-state index contributed by atoms with van der Waals surface area (Å²) in [6, 6.07) is 16.4. The summed E-state index contributed by atoms with van der Waals surface area (Å²) in [6.45, 7) is 8.41. The SMILES string of the molecule is CCNC(=NCC(O)c1ccccc1Cl)NC1CCN(Cc2ccccc2C)CC1.I. The molecule has 2 aromatic carbocycles. The summed E-state index contributed by atoms with van der Waals surface area (Å²) in [5.41, 5.74) is 3.48. The zero-order valence-corrected chi connectivity index (χ0v) is 21.4. The average Bonchev–Trinajstić information content (AvgIpc) is 2.75. The first-order chi connectivity index (χ1) is 14.6. The Labute approximate surface area is 208 Å². The minimum Gasteiger partial charge on any atom is -0.386 e. The zero-order valence-electron chi connectivity index (χ0n) is 18.4. The average molecular weight is 557 g/mol. The van der Waals surface area contributed by atoms with E-state index in [-0.39, 0.29) is 30.5 Å². The summed E-state index contributed by atoms with van der Waals surface area (Å²) in [5, 5.41) is 17.9. The van der Waals surface area contributed by atoms with Crippen molar-refractivity contribution < 1.29 is 5.11 Å². The van der Waals surface area contributed by atoms with Crippen molar-refractivity contribution in [2.24, 2.45) is 4.99 Å². The van der Waals surface area contributed by atoms with Crippen LogP contribution >= 0.6 is 35.6 Å². The second kappa shape index (κ2) is 13.3. The molecule has 0 bridgehead atoms. The third-order valence-electron chi connectivity index (χ3n) is 5.61. The van der Waals surface area contributed by atoms with Crippen LogP contribution in [0.15, 0.2) is 53.5 Å². The van der Waals surface area contributed by atoms with Gasteiger partial charge in [0.05, 0.1) is 6.54 Å². The molecule has 1 fully saturated rings. The van der Waals surface area contributed by atoms with Gasteiger partial charge >= 0.3 is 0 Å². The highest BCUT2D eigenvalue weighted by Crippen LogP contribution is 2.22. The van der Waals surface area contributed by atoms with Gasteiger partial charge in [0.1, 0.15) is 6.10 Å². The van der Waals surface area contributed by atoms with Crippen molar-refractivity contribution in [2.45, 2.75) is 45.4 Å². The predicted molar refractivity (Wildman–Crippen MR) is 140 cm³/mol. The van der Waals surface area contributed by atoms with Gasteiger partial charge in [0.15, 0.2) is 5.96 Å². The molecule has 0 spiro atoms. The van der Waals surface area contributed by atoms with Crippen LogP contribution in [0.5, 0.6) is 0 Å². The monoisotopic (exact) mass is 556 g/mol. The summed E-state index contributed by atoms with van der Waals surface area (Å²) in [4.78, 5) is 7.12. The van der Waals surface area contributed by atoms with Crippen LogP contribution in [0.25, 0.3) is 0 Å². The summed E-state index contributed by atoms with van der Waals surface area (Å²) < 4.78 is 0. The Hall–Kier alpha value is -1.35. The number of hydrogen-bond acceptors (Lipinski definition) is 3. The van der Waals surface area contributed by atoms with Crippen LogP contribution in [0.2, 0.25) is 5.02 Å². The summed E-state index contributed by atoms with van der Waals surface area (Å²) in [7, 11) is 0. The number of guanidine groups is 1. The van der Waals surface area contributed by atoms with Gasteiger partial charge in [0.25, 0.3) is 0 Å². The van der Waals surface area contributed by atoms with E-state index in [4.69, 9.17) is 11.6 Å². The summed E-state index contributed by atoms with van der Waals surface area (Å²) in [6.07, 6.45) is 1.43. The number of aliphatic hydroxyl groups excluding tert-OH is 1. The highest BCUT2D eigenvalue weighted by atomic mass is 127. The first kappa shape index (κ1) is 25.9. The topological polar surface area (TPSA) is 59.9 Å². The molecule has 1 saturated heterocycles. The van der Waals surface area contributed by atoms with Crippen molar-refractivity contribution >= 4 is 41.5 Å². The molecule has 3 rings (SSSR count). The van der Waals surface area contributed by atoms with E-state index in [0.29, 0.717) is 16.6 Å². The lowest BCUT2D eigenvalue weighted by Crippen LogP contribution is -2.48. The number of rotatable bonds is 7. The van der Waals surface area contributed by atoms with Crippen molar-refractivity contribution in [3.05, 3.63) is 70.2 Å². The van der Waals surface area contributed by atoms with Crippen LogP contribution in [0.1, 0.15) is 42.6 Å². The van der Waals surface area contributed by atoms with Crippen molar-refractivity contribution in [3.63, 3.8) is 0 Å². The van der Waals surface area contributed by atoms with Crippen molar-refractivity contribution in [3.8, 4) is 0 Å². The Kier molecular flexibility index (Phi) is 11.1. The molecule has 0 aromatic heterocycles. The molecule has 0 saturated carbocycles. The Morgan fingerprint density at radius 2 is 1.84 bits per heavy atom. The van der Waals surface area contributed by atoms with Crippen LogP contribution < -0.4 is 10.6 Å². The van der Waals surface area contributed by atoms with Crippen LogP contribution in [-0.4, -0.2) is 48.2 Å². The van der Waals surface area contributed by atoms with Crippen LogP contribution in [0.3, 0.4) is 0 Å². The number of benzene rings is 2. The standard InChI is InChI=1S/C24H33ClN4O.HI/c1-3-26-24(27-16-23(30)21-10-6-7-11-22(21)25)28-20-12-14-29(15-13-20)17-19-9-5-4-8-18(19)2;/h4-11,20,23,30H,3,12-17H2,1-2H3,(H2,26,27,28);1H. The van der Waals surface area contributed by atoms with Crippen molar-refractivity contribution in [1.29, 1.82) is 0 Å². The number of nitrogens with zero attached hydrogens (tertiary/aromatic N) is 2. The van der Waals surface area contributed by atoms with E-state index >= 15 is 0 Å². The van der Waals surface area contributed by atoms with Gasteiger partial charge in [-0.05, 0) is 43.9 Å². The summed E-state index contributed by atoms with van der Waals surface area (Å²) >= 11 is 6.19. The maximum absolute atomic E-state index is 10.5. The van der Waals surface area contributed by atoms with Gasteiger partial charge in [0, 0.05) is 42.8 Å². The maximum Gasteiger partial charge on any atom is 0.191 e. The molecule has 0 radical (unpaired) electrons. The first-order valence-electron chi connectivity index (χ1n) is 10.8. The molecule has 1 aliphatic heterocycles. The Bertz CT molecular complexity index is 840. The molecule has 31 heavy (non-hydrogen) atoms. The van der Waals surface area contributed by atoms with Crippen LogP contribution in [0, 0.1) is 6.92 Å². The summed E-state index contributed by atoms with van der Waals surface area (Å²) in [5.74, 6) is 0.751. The lowest BCUT2D eigenvalue weighted by molar-refractivity contribution is 0.186. The lowest BCUT2D eigenvalue weighted by atomic mass is 10.0. The van der Waals surface area contributed by atoms with E-state index in [1.54, 1.807) is 6.07 Å². The van der Waals surface area contributed by atoms with Crippen molar-refractivity contribution in [2.75, 3.05) is 26.2 Å². The molecule has 0 aliphatic carbocycles. The molecule has 5 nitrogen and oxygen atoms in total. The van der Waals surface area contributed by atoms with E-state index in [1.165, 1.54) is 11.1 Å². The van der Waals surface area contributed by atoms with Gasteiger partial charge in [0.2, 0.25) is 0 Å². The number of nitrogens with one attached hydrogen (secondary N) is 2. The number of hydrogen-bond donors (Lipinski definition) is 3. The smallest absolute Gasteiger partial charge is 0.191 e. The molecule has 2 aromatic rings. The minimum absolute atomic E-state index is 0. The fourth-order valence-corrected chi connectivity index (χ4v) is 4.06. The van der Waals surface area contributed by atoms with Gasteiger partial charge in [-0.25, -0.2) is 0 Å². The fourth-order valence-electron chi connectivity index (χ4n) is 3.80. The minimum atomic E-state index is -0.717. The highest BCUT2D eigenvalue weighted by molar-refractivity contribution is 14.0.